The van der Waals surface area contributed by atoms with Crippen molar-refractivity contribution in [2.24, 2.45) is 11.1 Å². The summed E-state index contributed by atoms with van der Waals surface area (Å²) in [5.41, 5.74) is 7.26. The summed E-state index contributed by atoms with van der Waals surface area (Å²) in [6.45, 7) is 5.30. The number of hydrogen-bond donors (Lipinski definition) is 2. The predicted octanol–water partition coefficient (Wildman–Crippen LogP) is 3.89. The summed E-state index contributed by atoms with van der Waals surface area (Å²) < 4.78 is 5.71. The molecule has 27 heavy (non-hydrogen) atoms. The Balaban J connectivity index is 0.00000338. The number of rotatable bonds is 9. The number of pyridine rings is 1. The summed E-state index contributed by atoms with van der Waals surface area (Å²) in [4.78, 5) is 16.7. The smallest absolute Gasteiger partial charge is 0.227 e. The van der Waals surface area contributed by atoms with Crippen LogP contribution in [0.25, 0.3) is 0 Å². The lowest BCUT2D eigenvalue weighted by molar-refractivity contribution is -0.131. The molecule has 1 heterocycles. The first-order chi connectivity index (χ1) is 12.1. The van der Waals surface area contributed by atoms with Crippen LogP contribution in [-0.4, -0.2) is 17.4 Å². The maximum Gasteiger partial charge on any atom is 0.227 e. The van der Waals surface area contributed by atoms with Gasteiger partial charge in [-0.1, -0.05) is 32.0 Å². The van der Waals surface area contributed by atoms with Crippen molar-refractivity contribution in [2.45, 2.75) is 39.8 Å². The van der Waals surface area contributed by atoms with E-state index in [-0.39, 0.29) is 30.7 Å². The van der Waals surface area contributed by atoms with Gasteiger partial charge in [-0.2, -0.15) is 0 Å². The minimum absolute atomic E-state index is 0. The van der Waals surface area contributed by atoms with Crippen LogP contribution >= 0.6 is 24.8 Å². The topological polar surface area (TPSA) is 77.2 Å². The summed E-state index contributed by atoms with van der Waals surface area (Å²) in [6.07, 6.45) is 3.23. The van der Waals surface area contributed by atoms with Crippen LogP contribution in [0.2, 0.25) is 0 Å². The second kappa shape index (κ2) is 12.5. The van der Waals surface area contributed by atoms with Gasteiger partial charge in [0, 0.05) is 19.3 Å². The van der Waals surface area contributed by atoms with E-state index in [1.54, 1.807) is 6.20 Å². The molecule has 7 heteroatoms. The largest absolute Gasteiger partial charge is 0.487 e. The molecular formula is C20H29Cl2N3O2. The van der Waals surface area contributed by atoms with E-state index in [1.165, 1.54) is 0 Å². The third kappa shape index (κ3) is 7.01. The molecular weight excluding hydrogens is 385 g/mol. The SMILES string of the molecule is CCC(CC)(CN)C(=O)NCc1ccc(OCc2ccccn2)cc1.Cl.Cl. The Bertz CT molecular complexity index is 654. The van der Waals surface area contributed by atoms with Gasteiger partial charge in [-0.25, -0.2) is 0 Å². The maximum atomic E-state index is 12.4. The number of amides is 1. The number of nitrogens with two attached hydrogens (primary N) is 1. The van der Waals surface area contributed by atoms with Crippen molar-refractivity contribution in [1.29, 1.82) is 0 Å². The van der Waals surface area contributed by atoms with Gasteiger partial charge in [0.15, 0.2) is 0 Å². The van der Waals surface area contributed by atoms with Crippen molar-refractivity contribution in [3.8, 4) is 5.75 Å². The molecule has 0 unspecified atom stereocenters. The molecule has 2 aromatic rings. The molecule has 2 rings (SSSR count). The van der Waals surface area contributed by atoms with Gasteiger partial charge in [-0.3, -0.25) is 9.78 Å². The highest BCUT2D eigenvalue weighted by Gasteiger charge is 2.32. The van der Waals surface area contributed by atoms with E-state index in [2.05, 4.69) is 10.3 Å². The highest BCUT2D eigenvalue weighted by Crippen LogP contribution is 2.25. The Labute approximate surface area is 173 Å². The summed E-state index contributed by atoms with van der Waals surface area (Å²) in [5.74, 6) is 0.801. The lowest BCUT2D eigenvalue weighted by Gasteiger charge is -2.28. The molecule has 0 saturated carbocycles. The molecule has 0 saturated heterocycles. The van der Waals surface area contributed by atoms with Crippen LogP contribution in [0, 0.1) is 5.41 Å². The van der Waals surface area contributed by atoms with Gasteiger partial charge in [-0.05, 0) is 42.7 Å². The number of carbonyl (C=O) groups is 1. The molecule has 5 nitrogen and oxygen atoms in total. The fraction of sp³-hybridized carbons (Fsp3) is 0.400. The van der Waals surface area contributed by atoms with Crippen molar-refractivity contribution in [3.05, 3.63) is 59.9 Å². The highest BCUT2D eigenvalue weighted by atomic mass is 35.5. The normalized spacial score (nSPS) is 10.3. The highest BCUT2D eigenvalue weighted by molar-refractivity contribution is 5.85. The van der Waals surface area contributed by atoms with Crippen molar-refractivity contribution in [2.75, 3.05) is 6.54 Å². The van der Waals surface area contributed by atoms with Gasteiger partial charge >= 0.3 is 0 Å². The Hall–Kier alpha value is -1.82. The number of ether oxygens (including phenoxy) is 1. The van der Waals surface area contributed by atoms with E-state index in [9.17, 15) is 4.79 Å². The van der Waals surface area contributed by atoms with Crippen LogP contribution < -0.4 is 15.8 Å². The molecule has 150 valence electrons. The first kappa shape index (κ1) is 25.2. The second-order valence-corrected chi connectivity index (χ2v) is 6.13. The van der Waals surface area contributed by atoms with Crippen LogP contribution in [0.1, 0.15) is 37.9 Å². The van der Waals surface area contributed by atoms with E-state index in [1.807, 2.05) is 56.3 Å². The van der Waals surface area contributed by atoms with Gasteiger partial charge in [0.05, 0.1) is 11.1 Å². The molecule has 0 atom stereocenters. The molecule has 0 radical (unpaired) electrons. The van der Waals surface area contributed by atoms with E-state index in [4.69, 9.17) is 10.5 Å². The molecule has 3 N–H and O–H groups in total. The van der Waals surface area contributed by atoms with Gasteiger partial charge in [0.2, 0.25) is 5.91 Å². The van der Waals surface area contributed by atoms with Crippen LogP contribution in [0.15, 0.2) is 48.7 Å². The first-order valence-corrected chi connectivity index (χ1v) is 8.73. The van der Waals surface area contributed by atoms with E-state index < -0.39 is 5.41 Å². The van der Waals surface area contributed by atoms with E-state index in [0.29, 0.717) is 19.7 Å². The molecule has 1 amide bonds. The fourth-order valence-corrected chi connectivity index (χ4v) is 2.67. The number of halogens is 2. The molecule has 0 aliphatic rings. The van der Waals surface area contributed by atoms with Crippen molar-refractivity contribution >= 4 is 30.7 Å². The lowest BCUT2D eigenvalue weighted by atomic mass is 9.81. The Morgan fingerprint density at radius 1 is 1.11 bits per heavy atom. The van der Waals surface area contributed by atoms with E-state index >= 15 is 0 Å². The Kier molecular flexibility index (Phi) is 11.7. The molecule has 0 aliphatic carbocycles. The zero-order valence-corrected chi connectivity index (χ0v) is 17.4. The van der Waals surface area contributed by atoms with Crippen molar-refractivity contribution in [3.63, 3.8) is 0 Å². The molecule has 1 aromatic carbocycles. The predicted molar refractivity (Wildman–Crippen MR) is 113 cm³/mol. The van der Waals surface area contributed by atoms with Gasteiger partial charge in [0.25, 0.3) is 0 Å². The molecule has 0 bridgehead atoms. The summed E-state index contributed by atoms with van der Waals surface area (Å²) in [7, 11) is 0. The second-order valence-electron chi connectivity index (χ2n) is 6.13. The molecule has 0 spiro atoms. The average Bonchev–Trinajstić information content (AvgIpc) is 2.68. The monoisotopic (exact) mass is 413 g/mol. The number of nitrogens with zero attached hydrogens (tertiary/aromatic N) is 1. The number of hydrogen-bond acceptors (Lipinski definition) is 4. The summed E-state index contributed by atoms with van der Waals surface area (Å²) in [6, 6.07) is 13.5. The lowest BCUT2D eigenvalue weighted by Crippen LogP contribution is -2.45. The minimum atomic E-state index is -0.467. The van der Waals surface area contributed by atoms with Crippen molar-refractivity contribution < 1.29 is 9.53 Å². The summed E-state index contributed by atoms with van der Waals surface area (Å²) >= 11 is 0. The maximum absolute atomic E-state index is 12.4. The first-order valence-electron chi connectivity index (χ1n) is 8.73. The quantitative estimate of drug-likeness (QED) is 0.653. The Morgan fingerprint density at radius 2 is 1.78 bits per heavy atom. The molecule has 0 fully saturated rings. The average molecular weight is 414 g/mol. The molecule has 1 aromatic heterocycles. The number of carbonyl (C=O) groups excluding carboxylic acids is 1. The third-order valence-corrected chi connectivity index (χ3v) is 4.72. The van der Waals surface area contributed by atoms with Crippen molar-refractivity contribution in [1.82, 2.24) is 10.3 Å². The fourth-order valence-electron chi connectivity index (χ4n) is 2.67. The molecule has 0 aliphatic heterocycles. The number of aromatic nitrogens is 1. The third-order valence-electron chi connectivity index (χ3n) is 4.72. The zero-order valence-electron chi connectivity index (χ0n) is 15.8. The van der Waals surface area contributed by atoms with Crippen LogP contribution in [0.3, 0.4) is 0 Å². The van der Waals surface area contributed by atoms with Gasteiger partial charge in [-0.15, -0.1) is 24.8 Å². The minimum Gasteiger partial charge on any atom is -0.487 e. The van der Waals surface area contributed by atoms with E-state index in [0.717, 1.165) is 29.8 Å². The number of nitrogens with one attached hydrogen (secondary N) is 1. The Morgan fingerprint density at radius 3 is 2.30 bits per heavy atom. The zero-order chi connectivity index (χ0) is 18.1. The number of benzene rings is 1. The van der Waals surface area contributed by atoms with Gasteiger partial charge in [0.1, 0.15) is 12.4 Å². The van der Waals surface area contributed by atoms with Gasteiger partial charge < -0.3 is 15.8 Å². The summed E-state index contributed by atoms with van der Waals surface area (Å²) in [5, 5.41) is 3.00. The van der Waals surface area contributed by atoms with Crippen LogP contribution in [-0.2, 0) is 17.9 Å². The van der Waals surface area contributed by atoms with Crippen LogP contribution in [0.5, 0.6) is 5.75 Å². The standard InChI is InChI=1S/C20H27N3O2.2ClH/c1-3-20(4-2,15-21)19(24)23-13-16-8-10-18(11-9-16)25-14-17-7-5-6-12-22-17;;/h5-12H,3-4,13-15,21H2,1-2H3,(H,23,24);2*1H. The van der Waals surface area contributed by atoms with Crippen LogP contribution in [0.4, 0.5) is 0 Å².